The van der Waals surface area contributed by atoms with Gasteiger partial charge in [-0.15, -0.1) is 0 Å². The Balaban J connectivity index is 2.93. The molecular weight excluding hydrogens is 230 g/mol. The molecule has 0 aliphatic heterocycles. The Hall–Kier alpha value is -1.11. The molecule has 2 N–H and O–H groups in total. The van der Waals surface area contributed by atoms with E-state index in [0.29, 0.717) is 6.54 Å². The van der Waals surface area contributed by atoms with E-state index in [4.69, 9.17) is 9.66 Å². The van der Waals surface area contributed by atoms with E-state index in [9.17, 15) is 8.42 Å². The molecule has 0 aromatic heterocycles. The molecule has 0 aliphatic carbocycles. The van der Waals surface area contributed by atoms with Crippen molar-refractivity contribution >= 4 is 15.8 Å². The van der Waals surface area contributed by atoms with Crippen LogP contribution < -0.4 is 4.90 Å². The Morgan fingerprint density at radius 2 is 1.81 bits per heavy atom. The SMILES string of the molecule is CCCN(CO)c1ccc(S(=O)(=O)O)cc1. The van der Waals surface area contributed by atoms with Crippen LogP contribution in [-0.2, 0) is 10.1 Å². The summed E-state index contributed by atoms with van der Waals surface area (Å²) >= 11 is 0. The van der Waals surface area contributed by atoms with Gasteiger partial charge in [-0.3, -0.25) is 4.55 Å². The Morgan fingerprint density at radius 1 is 1.25 bits per heavy atom. The van der Waals surface area contributed by atoms with Gasteiger partial charge in [0.05, 0.1) is 4.90 Å². The van der Waals surface area contributed by atoms with Crippen LogP contribution in [0, 0.1) is 0 Å². The first-order valence-corrected chi connectivity index (χ1v) is 6.36. The van der Waals surface area contributed by atoms with Gasteiger partial charge in [0.2, 0.25) is 0 Å². The van der Waals surface area contributed by atoms with Crippen LogP contribution in [-0.4, -0.2) is 31.4 Å². The number of nitrogens with zero attached hydrogens (tertiary/aromatic N) is 1. The number of aliphatic hydroxyl groups excluding tert-OH is 1. The third kappa shape index (κ3) is 3.19. The van der Waals surface area contributed by atoms with Crippen LogP contribution in [0.5, 0.6) is 0 Å². The molecule has 5 nitrogen and oxygen atoms in total. The number of hydrogen-bond donors (Lipinski definition) is 2. The summed E-state index contributed by atoms with van der Waals surface area (Å²) < 4.78 is 30.4. The highest BCUT2D eigenvalue weighted by Crippen LogP contribution is 2.17. The Bertz CT molecular complexity index is 427. The highest BCUT2D eigenvalue weighted by atomic mass is 32.2. The van der Waals surface area contributed by atoms with Crippen molar-refractivity contribution in [3.05, 3.63) is 24.3 Å². The molecule has 0 saturated carbocycles. The monoisotopic (exact) mass is 245 g/mol. The molecule has 0 saturated heterocycles. The molecule has 1 aromatic rings. The van der Waals surface area contributed by atoms with E-state index in [2.05, 4.69) is 0 Å². The highest BCUT2D eigenvalue weighted by molar-refractivity contribution is 7.85. The number of rotatable bonds is 5. The maximum atomic E-state index is 10.8. The van der Waals surface area contributed by atoms with Gasteiger partial charge < -0.3 is 10.0 Å². The van der Waals surface area contributed by atoms with Gasteiger partial charge in [-0.1, -0.05) is 6.92 Å². The second-order valence-corrected chi connectivity index (χ2v) is 4.80. The lowest BCUT2D eigenvalue weighted by Crippen LogP contribution is -2.24. The van der Waals surface area contributed by atoms with Gasteiger partial charge in [0, 0.05) is 12.2 Å². The van der Waals surface area contributed by atoms with E-state index < -0.39 is 10.1 Å². The van der Waals surface area contributed by atoms with Crippen molar-refractivity contribution < 1.29 is 18.1 Å². The molecule has 1 rings (SSSR count). The van der Waals surface area contributed by atoms with Crippen LogP contribution in [0.3, 0.4) is 0 Å². The molecule has 0 amide bonds. The molecular formula is C10H15NO4S. The Kier molecular flexibility index (Phi) is 4.28. The minimum absolute atomic E-state index is 0.126. The summed E-state index contributed by atoms with van der Waals surface area (Å²) in [5.41, 5.74) is 0.719. The third-order valence-corrected chi connectivity index (χ3v) is 3.03. The lowest BCUT2D eigenvalue weighted by Gasteiger charge is -2.21. The summed E-state index contributed by atoms with van der Waals surface area (Å²) in [5.74, 6) is 0. The number of anilines is 1. The number of benzene rings is 1. The maximum Gasteiger partial charge on any atom is 0.294 e. The van der Waals surface area contributed by atoms with Gasteiger partial charge in [0.1, 0.15) is 6.73 Å². The lowest BCUT2D eigenvalue weighted by atomic mass is 10.3. The first-order chi connectivity index (χ1) is 7.49. The highest BCUT2D eigenvalue weighted by Gasteiger charge is 2.10. The van der Waals surface area contributed by atoms with Crippen LogP contribution in [0.15, 0.2) is 29.2 Å². The van der Waals surface area contributed by atoms with Crippen molar-refractivity contribution in [1.82, 2.24) is 0 Å². The summed E-state index contributed by atoms with van der Waals surface area (Å²) in [4.78, 5) is 1.55. The van der Waals surface area contributed by atoms with Gasteiger partial charge in [-0.05, 0) is 30.7 Å². The molecule has 90 valence electrons. The van der Waals surface area contributed by atoms with E-state index in [-0.39, 0.29) is 11.6 Å². The number of hydrogen-bond acceptors (Lipinski definition) is 4. The first kappa shape index (κ1) is 13.0. The molecule has 0 spiro atoms. The molecule has 0 unspecified atom stereocenters. The Labute approximate surface area is 95.1 Å². The van der Waals surface area contributed by atoms with Crippen molar-refractivity contribution in [2.45, 2.75) is 18.2 Å². The van der Waals surface area contributed by atoms with E-state index in [1.54, 1.807) is 17.0 Å². The first-order valence-electron chi connectivity index (χ1n) is 4.92. The number of aliphatic hydroxyl groups is 1. The zero-order chi connectivity index (χ0) is 12.2. The Morgan fingerprint density at radius 3 is 2.19 bits per heavy atom. The molecule has 0 radical (unpaired) electrons. The van der Waals surface area contributed by atoms with Crippen molar-refractivity contribution in [2.24, 2.45) is 0 Å². The molecule has 16 heavy (non-hydrogen) atoms. The van der Waals surface area contributed by atoms with E-state index in [0.717, 1.165) is 12.1 Å². The van der Waals surface area contributed by atoms with Crippen LogP contribution in [0.4, 0.5) is 5.69 Å². The summed E-state index contributed by atoms with van der Waals surface area (Å²) in [6.07, 6.45) is 0.876. The second kappa shape index (κ2) is 5.29. The lowest BCUT2D eigenvalue weighted by molar-refractivity contribution is 0.291. The van der Waals surface area contributed by atoms with E-state index >= 15 is 0 Å². The van der Waals surface area contributed by atoms with Gasteiger partial charge in [0.15, 0.2) is 0 Å². The molecule has 0 bridgehead atoms. The van der Waals surface area contributed by atoms with Gasteiger partial charge >= 0.3 is 0 Å². The summed E-state index contributed by atoms with van der Waals surface area (Å²) in [7, 11) is -4.15. The summed E-state index contributed by atoms with van der Waals surface area (Å²) in [5, 5.41) is 9.10. The molecule has 0 heterocycles. The van der Waals surface area contributed by atoms with Gasteiger partial charge in [-0.25, -0.2) is 0 Å². The standard InChI is InChI=1S/C10H15NO4S/c1-2-7-11(8-12)9-3-5-10(6-4-9)16(13,14)15/h3-6,12H,2,7-8H2,1H3,(H,13,14,15). The van der Waals surface area contributed by atoms with Crippen molar-refractivity contribution in [2.75, 3.05) is 18.2 Å². The zero-order valence-corrected chi connectivity index (χ0v) is 9.81. The molecule has 0 fully saturated rings. The fourth-order valence-corrected chi connectivity index (χ4v) is 1.86. The fourth-order valence-electron chi connectivity index (χ4n) is 1.38. The van der Waals surface area contributed by atoms with Crippen molar-refractivity contribution in [3.63, 3.8) is 0 Å². The smallest absolute Gasteiger partial charge is 0.294 e. The molecule has 0 atom stereocenters. The summed E-state index contributed by atoms with van der Waals surface area (Å²) in [6.45, 7) is 2.54. The second-order valence-electron chi connectivity index (χ2n) is 3.37. The van der Waals surface area contributed by atoms with Gasteiger partial charge in [-0.2, -0.15) is 8.42 Å². The van der Waals surface area contributed by atoms with Crippen LogP contribution in [0.25, 0.3) is 0 Å². The average molecular weight is 245 g/mol. The predicted octanol–water partition coefficient (Wildman–Crippen LogP) is 1.10. The quantitative estimate of drug-likeness (QED) is 0.600. The summed E-state index contributed by atoms with van der Waals surface area (Å²) in [6, 6.07) is 5.72. The van der Waals surface area contributed by atoms with E-state index in [1.807, 2.05) is 6.92 Å². The normalized spacial score (nSPS) is 11.4. The zero-order valence-electron chi connectivity index (χ0n) is 9.00. The minimum atomic E-state index is -4.15. The molecule has 0 aliphatic rings. The maximum absolute atomic E-state index is 10.8. The van der Waals surface area contributed by atoms with Crippen molar-refractivity contribution in [1.29, 1.82) is 0 Å². The van der Waals surface area contributed by atoms with Crippen LogP contribution in [0.2, 0.25) is 0 Å². The molecule has 6 heteroatoms. The van der Waals surface area contributed by atoms with Crippen molar-refractivity contribution in [3.8, 4) is 0 Å². The topological polar surface area (TPSA) is 77.8 Å². The van der Waals surface area contributed by atoms with E-state index in [1.165, 1.54) is 12.1 Å². The largest absolute Gasteiger partial charge is 0.376 e. The van der Waals surface area contributed by atoms with Gasteiger partial charge in [0.25, 0.3) is 10.1 Å². The third-order valence-electron chi connectivity index (χ3n) is 2.16. The molecule has 1 aromatic carbocycles. The average Bonchev–Trinajstić information content (AvgIpc) is 2.25. The van der Waals surface area contributed by atoms with Crippen LogP contribution >= 0.6 is 0 Å². The minimum Gasteiger partial charge on any atom is -0.376 e. The van der Waals surface area contributed by atoms with Crippen LogP contribution in [0.1, 0.15) is 13.3 Å². The predicted molar refractivity (Wildman–Crippen MR) is 61.0 cm³/mol. The fraction of sp³-hybridized carbons (Fsp3) is 0.400.